The van der Waals surface area contributed by atoms with Crippen LogP contribution in [0.2, 0.25) is 0 Å². The van der Waals surface area contributed by atoms with E-state index in [0.29, 0.717) is 18.7 Å². The lowest BCUT2D eigenvalue weighted by Gasteiger charge is -2.01. The van der Waals surface area contributed by atoms with Crippen molar-refractivity contribution in [1.82, 2.24) is 20.3 Å². The zero-order valence-corrected chi connectivity index (χ0v) is 9.32. The molecule has 2 aromatic rings. The summed E-state index contributed by atoms with van der Waals surface area (Å²) in [4.78, 5) is 0. The van der Waals surface area contributed by atoms with Gasteiger partial charge in [0.15, 0.2) is 0 Å². The van der Waals surface area contributed by atoms with Crippen molar-refractivity contribution >= 4 is 0 Å². The molecule has 4 nitrogen and oxygen atoms in total. The minimum atomic E-state index is -0.587. The molecule has 90 valence electrons. The second-order valence-corrected chi connectivity index (χ2v) is 3.72. The van der Waals surface area contributed by atoms with Gasteiger partial charge in [0.2, 0.25) is 0 Å². The molecule has 2 rings (SSSR count). The van der Waals surface area contributed by atoms with Crippen LogP contribution in [0.15, 0.2) is 24.4 Å². The molecule has 0 aliphatic heterocycles. The number of benzene rings is 1. The lowest BCUT2D eigenvalue weighted by molar-refractivity contribution is 0.572. The molecule has 6 heteroatoms. The van der Waals surface area contributed by atoms with Crippen molar-refractivity contribution in [1.29, 1.82) is 0 Å². The topological polar surface area (TPSA) is 42.7 Å². The van der Waals surface area contributed by atoms with Gasteiger partial charge < -0.3 is 5.32 Å². The van der Waals surface area contributed by atoms with Crippen LogP contribution in [0.4, 0.5) is 8.78 Å². The highest BCUT2D eigenvalue weighted by molar-refractivity contribution is 5.18. The van der Waals surface area contributed by atoms with Crippen molar-refractivity contribution in [2.75, 3.05) is 7.05 Å². The minimum absolute atomic E-state index is 0.297. The SMILES string of the molecule is CNCc1cn(Cc2cc(F)cc(F)c2)nn1. The van der Waals surface area contributed by atoms with Crippen LogP contribution < -0.4 is 5.32 Å². The summed E-state index contributed by atoms with van der Waals surface area (Å²) in [6.45, 7) is 0.906. The van der Waals surface area contributed by atoms with Gasteiger partial charge in [-0.1, -0.05) is 5.21 Å². The molecule has 1 N–H and O–H groups in total. The highest BCUT2D eigenvalue weighted by Gasteiger charge is 2.04. The van der Waals surface area contributed by atoms with Crippen LogP contribution >= 0.6 is 0 Å². The van der Waals surface area contributed by atoms with Gasteiger partial charge in [0.25, 0.3) is 0 Å². The molecule has 1 aromatic carbocycles. The van der Waals surface area contributed by atoms with Crippen LogP contribution in [-0.2, 0) is 13.1 Å². The maximum absolute atomic E-state index is 13.0. The molecule has 0 radical (unpaired) electrons. The van der Waals surface area contributed by atoms with E-state index in [9.17, 15) is 8.78 Å². The Labute approximate surface area is 97.3 Å². The molecule has 0 amide bonds. The monoisotopic (exact) mass is 238 g/mol. The maximum Gasteiger partial charge on any atom is 0.126 e. The average molecular weight is 238 g/mol. The first-order valence-corrected chi connectivity index (χ1v) is 5.16. The van der Waals surface area contributed by atoms with E-state index in [0.717, 1.165) is 11.8 Å². The number of halogens is 2. The molecule has 1 heterocycles. The van der Waals surface area contributed by atoms with E-state index in [2.05, 4.69) is 15.6 Å². The van der Waals surface area contributed by atoms with Crippen molar-refractivity contribution < 1.29 is 8.78 Å². The lowest BCUT2D eigenvalue weighted by Crippen LogP contribution is -2.05. The molecule has 0 aliphatic carbocycles. The van der Waals surface area contributed by atoms with Crippen LogP contribution in [0.1, 0.15) is 11.3 Å². The van der Waals surface area contributed by atoms with Crippen LogP contribution in [0.3, 0.4) is 0 Å². The molecular weight excluding hydrogens is 226 g/mol. The minimum Gasteiger partial charge on any atom is -0.314 e. The fourth-order valence-corrected chi connectivity index (χ4v) is 1.57. The Hall–Kier alpha value is -1.82. The molecule has 0 saturated heterocycles. The van der Waals surface area contributed by atoms with Gasteiger partial charge in [-0.05, 0) is 24.7 Å². The first kappa shape index (κ1) is 11.7. The molecule has 0 bridgehead atoms. The maximum atomic E-state index is 13.0. The second kappa shape index (κ2) is 5.01. The van der Waals surface area contributed by atoms with E-state index in [1.54, 1.807) is 17.9 Å². The third-order valence-electron chi connectivity index (χ3n) is 2.21. The quantitative estimate of drug-likeness (QED) is 0.873. The van der Waals surface area contributed by atoms with Gasteiger partial charge in [0.1, 0.15) is 11.6 Å². The molecule has 0 saturated carbocycles. The summed E-state index contributed by atoms with van der Waals surface area (Å²) in [7, 11) is 1.81. The predicted molar refractivity (Wildman–Crippen MR) is 58.2 cm³/mol. The zero-order chi connectivity index (χ0) is 12.3. The molecule has 0 spiro atoms. The average Bonchev–Trinajstić information content (AvgIpc) is 2.64. The van der Waals surface area contributed by atoms with E-state index < -0.39 is 11.6 Å². The molecule has 0 fully saturated rings. The first-order valence-electron chi connectivity index (χ1n) is 5.16. The second-order valence-electron chi connectivity index (χ2n) is 3.72. The fourth-order valence-electron chi connectivity index (χ4n) is 1.57. The fraction of sp³-hybridized carbons (Fsp3) is 0.273. The smallest absolute Gasteiger partial charge is 0.126 e. The third kappa shape index (κ3) is 3.07. The molecule has 0 atom stereocenters. The van der Waals surface area contributed by atoms with Gasteiger partial charge in [-0.2, -0.15) is 0 Å². The Morgan fingerprint density at radius 2 is 1.94 bits per heavy atom. The molecule has 0 unspecified atom stereocenters. The van der Waals surface area contributed by atoms with Gasteiger partial charge in [0.05, 0.1) is 18.4 Å². The van der Waals surface area contributed by atoms with Crippen LogP contribution in [-0.4, -0.2) is 22.0 Å². The summed E-state index contributed by atoms with van der Waals surface area (Å²) in [5.41, 5.74) is 1.30. The summed E-state index contributed by atoms with van der Waals surface area (Å²) >= 11 is 0. The van der Waals surface area contributed by atoms with Gasteiger partial charge in [-0.25, -0.2) is 13.5 Å². The number of hydrogen-bond donors (Lipinski definition) is 1. The molecule has 17 heavy (non-hydrogen) atoms. The van der Waals surface area contributed by atoms with Crippen LogP contribution in [0, 0.1) is 11.6 Å². The Morgan fingerprint density at radius 3 is 2.59 bits per heavy atom. The van der Waals surface area contributed by atoms with E-state index in [1.807, 2.05) is 0 Å². The normalized spacial score (nSPS) is 10.8. The van der Waals surface area contributed by atoms with Gasteiger partial charge in [-0.3, -0.25) is 0 Å². The molecule has 1 aromatic heterocycles. The van der Waals surface area contributed by atoms with Gasteiger partial charge >= 0.3 is 0 Å². The van der Waals surface area contributed by atoms with Crippen molar-refractivity contribution in [3.63, 3.8) is 0 Å². The third-order valence-corrected chi connectivity index (χ3v) is 2.21. The van der Waals surface area contributed by atoms with Crippen LogP contribution in [0.25, 0.3) is 0 Å². The van der Waals surface area contributed by atoms with Gasteiger partial charge in [-0.15, -0.1) is 5.10 Å². The standard InChI is InChI=1S/C11H12F2N4/c1-14-5-11-7-17(16-15-11)6-8-2-9(12)4-10(13)3-8/h2-4,7,14H,5-6H2,1H3. The number of hydrogen-bond acceptors (Lipinski definition) is 3. The highest BCUT2D eigenvalue weighted by Crippen LogP contribution is 2.09. The van der Waals surface area contributed by atoms with Crippen molar-refractivity contribution in [2.45, 2.75) is 13.1 Å². The summed E-state index contributed by atoms with van der Waals surface area (Å²) in [5, 5.41) is 10.7. The van der Waals surface area contributed by atoms with Crippen molar-refractivity contribution in [3.05, 3.63) is 47.3 Å². The largest absolute Gasteiger partial charge is 0.314 e. The zero-order valence-electron chi connectivity index (χ0n) is 9.32. The van der Waals surface area contributed by atoms with E-state index in [-0.39, 0.29) is 0 Å². The predicted octanol–water partition coefficient (Wildman–Crippen LogP) is 1.32. The number of rotatable bonds is 4. The summed E-state index contributed by atoms with van der Waals surface area (Å²) in [6.07, 6.45) is 1.74. The Bertz CT molecular complexity index is 490. The lowest BCUT2D eigenvalue weighted by atomic mass is 10.2. The Kier molecular flexibility index (Phi) is 3.43. The first-order chi connectivity index (χ1) is 8.17. The molecular formula is C11H12F2N4. The Balaban J connectivity index is 2.13. The highest BCUT2D eigenvalue weighted by atomic mass is 19.1. The van der Waals surface area contributed by atoms with E-state index >= 15 is 0 Å². The molecule has 0 aliphatic rings. The van der Waals surface area contributed by atoms with Crippen LogP contribution in [0.5, 0.6) is 0 Å². The Morgan fingerprint density at radius 1 is 1.24 bits per heavy atom. The van der Waals surface area contributed by atoms with Gasteiger partial charge in [0, 0.05) is 12.6 Å². The van der Waals surface area contributed by atoms with E-state index in [1.165, 1.54) is 12.1 Å². The summed E-state index contributed by atoms with van der Waals surface area (Å²) < 4.78 is 27.5. The summed E-state index contributed by atoms with van der Waals surface area (Å²) in [5.74, 6) is -1.17. The number of nitrogens with one attached hydrogen (secondary N) is 1. The summed E-state index contributed by atoms with van der Waals surface area (Å²) in [6, 6.07) is 3.41. The van der Waals surface area contributed by atoms with E-state index in [4.69, 9.17) is 0 Å². The number of nitrogens with zero attached hydrogens (tertiary/aromatic N) is 3. The van der Waals surface area contributed by atoms with Crippen molar-refractivity contribution in [2.24, 2.45) is 0 Å². The number of aromatic nitrogens is 3. The van der Waals surface area contributed by atoms with Crippen molar-refractivity contribution in [3.8, 4) is 0 Å².